The number of rotatable bonds is 0. The topological polar surface area (TPSA) is 49.4 Å². The third-order valence-electron chi connectivity index (χ3n) is 3.24. The SMILES string of the molecule is O=C1CC=CC2=C1C(=O)C1CNCN1C2. The van der Waals surface area contributed by atoms with E-state index in [9.17, 15) is 9.59 Å². The summed E-state index contributed by atoms with van der Waals surface area (Å²) in [4.78, 5) is 25.8. The van der Waals surface area contributed by atoms with Gasteiger partial charge in [0.25, 0.3) is 0 Å². The van der Waals surface area contributed by atoms with Crippen LogP contribution in [0.4, 0.5) is 0 Å². The fourth-order valence-corrected chi connectivity index (χ4v) is 2.49. The highest BCUT2D eigenvalue weighted by atomic mass is 16.2. The molecule has 1 unspecified atom stereocenters. The van der Waals surface area contributed by atoms with Crippen LogP contribution in [0.3, 0.4) is 0 Å². The molecule has 1 saturated heterocycles. The van der Waals surface area contributed by atoms with E-state index in [4.69, 9.17) is 0 Å². The Bertz CT molecular complexity index is 409. The predicted molar refractivity (Wildman–Crippen MR) is 54.2 cm³/mol. The van der Waals surface area contributed by atoms with E-state index in [1.807, 2.05) is 12.2 Å². The van der Waals surface area contributed by atoms with Gasteiger partial charge in [-0.25, -0.2) is 0 Å². The average Bonchev–Trinajstić information content (AvgIpc) is 2.66. The van der Waals surface area contributed by atoms with Crippen LogP contribution < -0.4 is 5.32 Å². The summed E-state index contributed by atoms with van der Waals surface area (Å²) in [6, 6.07) is -0.112. The summed E-state index contributed by atoms with van der Waals surface area (Å²) in [5.74, 6) is -0.000324. The van der Waals surface area contributed by atoms with Gasteiger partial charge in [-0.05, 0) is 5.57 Å². The van der Waals surface area contributed by atoms with Crippen LogP contribution in [0.5, 0.6) is 0 Å². The molecule has 0 saturated carbocycles. The van der Waals surface area contributed by atoms with Crippen molar-refractivity contribution in [3.63, 3.8) is 0 Å². The van der Waals surface area contributed by atoms with Gasteiger partial charge in [0.1, 0.15) is 0 Å². The number of carbonyl (C=O) groups excluding carboxylic acids is 2. The number of Topliss-reactive ketones (excluding diaryl/α,β-unsaturated/α-hetero) is 2. The van der Waals surface area contributed by atoms with E-state index < -0.39 is 0 Å². The van der Waals surface area contributed by atoms with Gasteiger partial charge in [-0.2, -0.15) is 0 Å². The van der Waals surface area contributed by atoms with Gasteiger partial charge in [0, 0.05) is 26.2 Å². The summed E-state index contributed by atoms with van der Waals surface area (Å²) in [6.07, 6.45) is 4.15. The second-order valence-electron chi connectivity index (χ2n) is 4.17. The van der Waals surface area contributed by atoms with Crippen LogP contribution in [-0.4, -0.2) is 42.3 Å². The van der Waals surface area contributed by atoms with Gasteiger partial charge in [0.05, 0.1) is 11.6 Å². The zero-order chi connectivity index (χ0) is 10.4. The van der Waals surface area contributed by atoms with Crippen LogP contribution in [0.15, 0.2) is 23.3 Å². The van der Waals surface area contributed by atoms with E-state index in [1.54, 1.807) is 0 Å². The highest BCUT2D eigenvalue weighted by Crippen LogP contribution is 2.26. The normalized spacial score (nSPS) is 30.8. The molecule has 0 aromatic carbocycles. The standard InChI is InChI=1S/C11H12N2O2/c14-9-3-1-2-7-5-13-6-12-4-8(13)11(15)10(7)9/h1-2,8,12H,3-6H2. The molecule has 0 aromatic rings. The van der Waals surface area contributed by atoms with Crippen LogP contribution >= 0.6 is 0 Å². The van der Waals surface area contributed by atoms with E-state index in [2.05, 4.69) is 10.2 Å². The number of hydrogen-bond acceptors (Lipinski definition) is 4. The number of allylic oxidation sites excluding steroid dienone is 1. The third-order valence-corrected chi connectivity index (χ3v) is 3.24. The minimum atomic E-state index is -0.112. The largest absolute Gasteiger partial charge is 0.302 e. The number of carbonyl (C=O) groups is 2. The Balaban J connectivity index is 2.05. The molecule has 0 spiro atoms. The maximum atomic E-state index is 12.1. The molecule has 1 N–H and O–H groups in total. The van der Waals surface area contributed by atoms with Gasteiger partial charge < -0.3 is 5.32 Å². The van der Waals surface area contributed by atoms with Crippen LogP contribution in [-0.2, 0) is 9.59 Å². The monoisotopic (exact) mass is 204 g/mol. The first-order valence-electron chi connectivity index (χ1n) is 5.19. The molecule has 0 radical (unpaired) electrons. The Labute approximate surface area is 87.6 Å². The molecule has 2 heterocycles. The van der Waals surface area contributed by atoms with Crippen molar-refractivity contribution in [2.24, 2.45) is 0 Å². The lowest BCUT2D eigenvalue weighted by atomic mass is 9.86. The molecular weight excluding hydrogens is 192 g/mol. The maximum absolute atomic E-state index is 12.1. The summed E-state index contributed by atoms with van der Waals surface area (Å²) < 4.78 is 0. The molecule has 1 aliphatic carbocycles. The van der Waals surface area contributed by atoms with Crippen molar-refractivity contribution in [2.75, 3.05) is 19.8 Å². The molecule has 15 heavy (non-hydrogen) atoms. The Morgan fingerprint density at radius 1 is 1.40 bits per heavy atom. The first-order chi connectivity index (χ1) is 7.27. The number of fused-ring (bicyclic) bond motifs is 1. The Morgan fingerprint density at radius 3 is 3.13 bits per heavy atom. The van der Waals surface area contributed by atoms with Gasteiger partial charge in [-0.3, -0.25) is 14.5 Å². The van der Waals surface area contributed by atoms with Crippen molar-refractivity contribution >= 4 is 11.6 Å². The van der Waals surface area contributed by atoms with Crippen molar-refractivity contribution in [3.05, 3.63) is 23.3 Å². The van der Waals surface area contributed by atoms with Gasteiger partial charge in [0.2, 0.25) is 0 Å². The Kier molecular flexibility index (Phi) is 1.87. The first-order valence-corrected chi connectivity index (χ1v) is 5.19. The number of nitrogens with one attached hydrogen (secondary N) is 1. The number of ketones is 2. The maximum Gasteiger partial charge on any atom is 0.185 e. The minimum absolute atomic E-state index is 0.00981. The Morgan fingerprint density at radius 2 is 2.27 bits per heavy atom. The lowest BCUT2D eigenvalue weighted by molar-refractivity contribution is -0.124. The van der Waals surface area contributed by atoms with Gasteiger partial charge in [0.15, 0.2) is 11.6 Å². The fourth-order valence-electron chi connectivity index (χ4n) is 2.49. The lowest BCUT2D eigenvalue weighted by Gasteiger charge is -2.30. The molecule has 1 fully saturated rings. The van der Waals surface area contributed by atoms with E-state index in [1.165, 1.54) is 0 Å². The van der Waals surface area contributed by atoms with Crippen molar-refractivity contribution in [2.45, 2.75) is 12.5 Å². The molecule has 4 nitrogen and oxygen atoms in total. The van der Waals surface area contributed by atoms with Crippen LogP contribution in [0.25, 0.3) is 0 Å². The smallest absolute Gasteiger partial charge is 0.185 e. The number of hydrogen-bond donors (Lipinski definition) is 1. The van der Waals surface area contributed by atoms with Crippen molar-refractivity contribution in [1.82, 2.24) is 10.2 Å². The molecule has 0 aromatic heterocycles. The zero-order valence-corrected chi connectivity index (χ0v) is 8.32. The Hall–Kier alpha value is -1.26. The van der Waals surface area contributed by atoms with E-state index in [-0.39, 0.29) is 17.6 Å². The molecule has 0 bridgehead atoms. The highest BCUT2D eigenvalue weighted by Gasteiger charge is 2.40. The van der Waals surface area contributed by atoms with Gasteiger partial charge >= 0.3 is 0 Å². The van der Waals surface area contributed by atoms with Crippen LogP contribution in [0, 0.1) is 0 Å². The summed E-state index contributed by atoms with van der Waals surface area (Å²) in [5, 5.41) is 3.16. The minimum Gasteiger partial charge on any atom is -0.302 e. The zero-order valence-electron chi connectivity index (χ0n) is 8.32. The molecule has 1 atom stereocenters. The van der Waals surface area contributed by atoms with Crippen molar-refractivity contribution in [1.29, 1.82) is 0 Å². The quantitative estimate of drug-likeness (QED) is 0.547. The van der Waals surface area contributed by atoms with E-state index in [0.717, 1.165) is 18.8 Å². The van der Waals surface area contributed by atoms with Gasteiger partial charge in [-0.1, -0.05) is 12.2 Å². The molecule has 78 valence electrons. The number of nitrogens with zero attached hydrogens (tertiary/aromatic N) is 1. The summed E-state index contributed by atoms with van der Waals surface area (Å²) in [7, 11) is 0. The summed E-state index contributed by atoms with van der Waals surface area (Å²) in [5.41, 5.74) is 1.36. The molecule has 2 aliphatic heterocycles. The van der Waals surface area contributed by atoms with Gasteiger partial charge in [-0.15, -0.1) is 0 Å². The van der Waals surface area contributed by atoms with E-state index in [0.29, 0.717) is 18.5 Å². The van der Waals surface area contributed by atoms with Crippen molar-refractivity contribution < 1.29 is 9.59 Å². The fraction of sp³-hybridized carbons (Fsp3) is 0.455. The highest BCUT2D eigenvalue weighted by molar-refractivity contribution is 6.24. The molecule has 0 amide bonds. The molecular formula is C11H12N2O2. The summed E-state index contributed by atoms with van der Waals surface area (Å²) >= 11 is 0. The lowest BCUT2D eigenvalue weighted by Crippen LogP contribution is -2.46. The predicted octanol–water partition coefficient (Wildman–Crippen LogP) is -0.374. The van der Waals surface area contributed by atoms with Crippen LogP contribution in [0.1, 0.15) is 6.42 Å². The average molecular weight is 204 g/mol. The second-order valence-corrected chi connectivity index (χ2v) is 4.17. The third kappa shape index (κ3) is 1.22. The second kappa shape index (κ2) is 3.12. The van der Waals surface area contributed by atoms with E-state index >= 15 is 0 Å². The van der Waals surface area contributed by atoms with Crippen molar-refractivity contribution in [3.8, 4) is 0 Å². The molecule has 4 heteroatoms. The summed E-state index contributed by atoms with van der Waals surface area (Å²) in [6.45, 7) is 2.14. The molecule has 3 aliphatic rings. The van der Waals surface area contributed by atoms with Crippen LogP contribution in [0.2, 0.25) is 0 Å². The molecule has 3 rings (SSSR count). The first kappa shape index (κ1) is 9.00.